The molecule has 2 amide bonds. The maximum Gasteiger partial charge on any atom is 0.248 e. The van der Waals surface area contributed by atoms with Crippen LogP contribution in [0.25, 0.3) is 0 Å². The first kappa shape index (κ1) is 15.0. The van der Waals surface area contributed by atoms with Crippen molar-refractivity contribution in [2.75, 3.05) is 19.8 Å². The van der Waals surface area contributed by atoms with Crippen molar-refractivity contribution in [3.63, 3.8) is 0 Å². The molecule has 1 aliphatic carbocycles. The van der Waals surface area contributed by atoms with E-state index in [1.165, 1.54) is 5.57 Å². The molecule has 1 atom stereocenters. The lowest BCUT2D eigenvalue weighted by Crippen LogP contribution is -2.30. The number of carbonyl (C=O) groups excluding carboxylic acids is 2. The zero-order valence-electron chi connectivity index (χ0n) is 12.2. The molecule has 0 aromatic heterocycles. The van der Waals surface area contributed by atoms with Crippen LogP contribution in [0.2, 0.25) is 0 Å². The fourth-order valence-corrected chi connectivity index (χ4v) is 2.89. The fraction of sp³-hybridized carbons (Fsp3) is 0.733. The second-order valence-corrected chi connectivity index (χ2v) is 5.35. The van der Waals surface area contributed by atoms with Gasteiger partial charge in [0.2, 0.25) is 11.8 Å². The van der Waals surface area contributed by atoms with Gasteiger partial charge >= 0.3 is 0 Å². The van der Waals surface area contributed by atoms with E-state index in [1.807, 2.05) is 6.92 Å². The Morgan fingerprint density at radius 2 is 2.30 bits per heavy atom. The van der Waals surface area contributed by atoms with Crippen molar-refractivity contribution in [2.24, 2.45) is 0 Å². The number of hydrogen-bond acceptors (Lipinski definition) is 3. The smallest absolute Gasteiger partial charge is 0.248 e. The largest absolute Gasteiger partial charge is 0.382 e. The molecule has 1 heterocycles. The van der Waals surface area contributed by atoms with Gasteiger partial charge in [-0.25, -0.2) is 0 Å². The van der Waals surface area contributed by atoms with Crippen LogP contribution in [0.1, 0.15) is 45.4 Å². The molecule has 0 spiro atoms. The van der Waals surface area contributed by atoms with Gasteiger partial charge in [-0.1, -0.05) is 6.42 Å². The molecule has 20 heavy (non-hydrogen) atoms. The van der Waals surface area contributed by atoms with Crippen molar-refractivity contribution in [3.05, 3.63) is 11.1 Å². The highest BCUT2D eigenvalue weighted by Crippen LogP contribution is 2.32. The molecule has 2 rings (SSSR count). The Balaban J connectivity index is 1.79. The highest BCUT2D eigenvalue weighted by Gasteiger charge is 2.33. The molecule has 1 unspecified atom stereocenters. The molecular weight excluding hydrogens is 256 g/mol. The third-order valence-corrected chi connectivity index (χ3v) is 3.91. The van der Waals surface area contributed by atoms with Gasteiger partial charge in [0.1, 0.15) is 0 Å². The van der Waals surface area contributed by atoms with Crippen LogP contribution in [-0.2, 0) is 14.3 Å². The summed E-state index contributed by atoms with van der Waals surface area (Å²) in [6, 6.07) is 0.192. The van der Waals surface area contributed by atoms with Crippen LogP contribution in [0, 0.1) is 0 Å². The summed E-state index contributed by atoms with van der Waals surface area (Å²) in [6.45, 7) is 3.91. The summed E-state index contributed by atoms with van der Waals surface area (Å²) >= 11 is 0. The Labute approximate surface area is 120 Å². The molecule has 0 saturated heterocycles. The van der Waals surface area contributed by atoms with Gasteiger partial charge in [0, 0.05) is 25.3 Å². The second-order valence-electron chi connectivity index (χ2n) is 5.35. The quantitative estimate of drug-likeness (QED) is 0.691. The summed E-state index contributed by atoms with van der Waals surface area (Å²) in [5.74, 6) is -0.110. The minimum atomic E-state index is -0.0645. The van der Waals surface area contributed by atoms with Gasteiger partial charge < -0.3 is 15.4 Å². The molecule has 2 N–H and O–H groups in total. The number of nitrogens with one attached hydrogen (secondary N) is 2. The fourth-order valence-electron chi connectivity index (χ4n) is 2.89. The van der Waals surface area contributed by atoms with E-state index < -0.39 is 0 Å². The third kappa shape index (κ3) is 3.82. The first-order chi connectivity index (χ1) is 9.72. The van der Waals surface area contributed by atoms with Crippen molar-refractivity contribution in [1.82, 2.24) is 10.6 Å². The Morgan fingerprint density at radius 1 is 1.45 bits per heavy atom. The lowest BCUT2D eigenvalue weighted by molar-refractivity contribution is -0.123. The Morgan fingerprint density at radius 3 is 3.10 bits per heavy atom. The summed E-state index contributed by atoms with van der Waals surface area (Å²) in [5.41, 5.74) is 1.88. The molecule has 1 saturated carbocycles. The number of fused-ring (bicyclic) bond motifs is 1. The highest BCUT2D eigenvalue weighted by molar-refractivity contribution is 6.02. The molecule has 0 radical (unpaired) electrons. The van der Waals surface area contributed by atoms with E-state index in [9.17, 15) is 9.59 Å². The minimum absolute atomic E-state index is 0.0450. The van der Waals surface area contributed by atoms with Crippen molar-refractivity contribution < 1.29 is 14.3 Å². The highest BCUT2D eigenvalue weighted by atomic mass is 16.5. The van der Waals surface area contributed by atoms with Crippen molar-refractivity contribution in [3.8, 4) is 0 Å². The van der Waals surface area contributed by atoms with Crippen molar-refractivity contribution in [1.29, 1.82) is 0 Å². The third-order valence-electron chi connectivity index (χ3n) is 3.91. The van der Waals surface area contributed by atoms with Gasteiger partial charge in [0.05, 0.1) is 12.5 Å². The average molecular weight is 280 g/mol. The molecule has 0 aromatic rings. The van der Waals surface area contributed by atoms with E-state index >= 15 is 0 Å². The number of amides is 2. The van der Waals surface area contributed by atoms with Crippen LogP contribution in [-0.4, -0.2) is 37.6 Å². The van der Waals surface area contributed by atoms with Crippen LogP contribution in [0.15, 0.2) is 11.1 Å². The van der Waals surface area contributed by atoms with E-state index in [1.54, 1.807) is 0 Å². The van der Waals surface area contributed by atoms with Crippen molar-refractivity contribution in [2.45, 2.75) is 51.5 Å². The SMILES string of the molecule is CCOCCCNC(=O)CC1=C2CCCCC2NC1=O. The summed E-state index contributed by atoms with van der Waals surface area (Å²) in [5, 5.41) is 5.83. The minimum Gasteiger partial charge on any atom is -0.382 e. The molecular formula is C15H24N2O3. The first-order valence-corrected chi connectivity index (χ1v) is 7.59. The summed E-state index contributed by atoms with van der Waals surface area (Å²) in [7, 11) is 0. The van der Waals surface area contributed by atoms with Crippen molar-refractivity contribution >= 4 is 11.8 Å². The summed E-state index contributed by atoms with van der Waals surface area (Å²) < 4.78 is 5.21. The number of carbonyl (C=O) groups is 2. The number of ether oxygens (including phenoxy) is 1. The van der Waals surface area contributed by atoms with Crippen LogP contribution >= 0.6 is 0 Å². The molecule has 1 fully saturated rings. The second kappa shape index (κ2) is 7.43. The summed E-state index contributed by atoms with van der Waals surface area (Å²) in [6.07, 6.45) is 5.27. The maximum absolute atomic E-state index is 11.9. The maximum atomic E-state index is 11.9. The molecule has 5 nitrogen and oxygen atoms in total. The molecule has 2 aliphatic rings. The molecule has 0 bridgehead atoms. The first-order valence-electron chi connectivity index (χ1n) is 7.59. The average Bonchev–Trinajstić information content (AvgIpc) is 2.75. The Bertz CT molecular complexity index is 404. The van der Waals surface area contributed by atoms with Crippen LogP contribution in [0.5, 0.6) is 0 Å². The molecule has 1 aliphatic heterocycles. The number of hydrogen-bond donors (Lipinski definition) is 2. The zero-order chi connectivity index (χ0) is 14.4. The van der Waals surface area contributed by atoms with E-state index in [-0.39, 0.29) is 24.3 Å². The van der Waals surface area contributed by atoms with Crippen LogP contribution in [0.4, 0.5) is 0 Å². The van der Waals surface area contributed by atoms with E-state index in [0.29, 0.717) is 25.3 Å². The van der Waals surface area contributed by atoms with E-state index in [0.717, 1.165) is 32.1 Å². The van der Waals surface area contributed by atoms with Gasteiger partial charge in [0.15, 0.2) is 0 Å². The van der Waals surface area contributed by atoms with Crippen LogP contribution in [0.3, 0.4) is 0 Å². The predicted molar refractivity (Wildman–Crippen MR) is 76.2 cm³/mol. The normalized spacial score (nSPS) is 21.6. The molecule has 5 heteroatoms. The van der Waals surface area contributed by atoms with Gasteiger partial charge in [-0.3, -0.25) is 9.59 Å². The topological polar surface area (TPSA) is 67.4 Å². The lowest BCUT2D eigenvalue weighted by Gasteiger charge is -2.20. The molecule has 112 valence electrons. The monoisotopic (exact) mass is 280 g/mol. The standard InChI is InChI=1S/C15H24N2O3/c1-2-20-9-5-8-16-14(18)10-12-11-6-3-4-7-13(11)17-15(12)19/h13H,2-10H2,1H3,(H,16,18)(H,17,19). The Kier molecular flexibility index (Phi) is 5.59. The number of rotatable bonds is 7. The summed E-state index contributed by atoms with van der Waals surface area (Å²) in [4.78, 5) is 23.8. The van der Waals surface area contributed by atoms with Crippen LogP contribution < -0.4 is 10.6 Å². The zero-order valence-corrected chi connectivity index (χ0v) is 12.2. The van der Waals surface area contributed by atoms with E-state index in [2.05, 4.69) is 10.6 Å². The van der Waals surface area contributed by atoms with Gasteiger partial charge in [0.25, 0.3) is 0 Å². The van der Waals surface area contributed by atoms with E-state index in [4.69, 9.17) is 4.74 Å². The van der Waals surface area contributed by atoms with Gasteiger partial charge in [-0.2, -0.15) is 0 Å². The molecule has 0 aromatic carbocycles. The lowest BCUT2D eigenvalue weighted by atomic mass is 9.88. The predicted octanol–water partition coefficient (Wildman–Crippen LogP) is 1.29. The van der Waals surface area contributed by atoms with Gasteiger partial charge in [-0.05, 0) is 38.2 Å². The Hall–Kier alpha value is -1.36. The van der Waals surface area contributed by atoms with Gasteiger partial charge in [-0.15, -0.1) is 0 Å².